The number of hydrogen-bond donors (Lipinski definition) is 1. The molecule has 0 spiro atoms. The highest BCUT2D eigenvalue weighted by atomic mass is 32.1. The number of aryl methyl sites for hydroxylation is 1. The number of nitrogens with two attached hydrogens (primary N) is 1. The summed E-state index contributed by atoms with van der Waals surface area (Å²) in [5.74, 6) is 2.04. The van der Waals surface area contributed by atoms with Gasteiger partial charge in [0.1, 0.15) is 17.3 Å². The molecule has 6 heteroatoms. The Labute approximate surface area is 103 Å². The van der Waals surface area contributed by atoms with E-state index in [2.05, 4.69) is 9.36 Å². The van der Waals surface area contributed by atoms with Crippen LogP contribution in [-0.2, 0) is 6.42 Å². The van der Waals surface area contributed by atoms with Gasteiger partial charge in [-0.05, 0) is 12.1 Å². The van der Waals surface area contributed by atoms with Gasteiger partial charge in [0.25, 0.3) is 5.19 Å². The number of nitrogens with zero attached hydrogens (tertiary/aromatic N) is 2. The fourth-order valence-corrected chi connectivity index (χ4v) is 1.93. The molecule has 90 valence electrons. The highest BCUT2D eigenvalue weighted by molar-refractivity contribution is 7.07. The van der Waals surface area contributed by atoms with Crippen molar-refractivity contribution >= 4 is 17.2 Å². The van der Waals surface area contributed by atoms with E-state index in [1.165, 1.54) is 11.5 Å². The number of methoxy groups -OCH3 is 1. The normalized spacial score (nSPS) is 10.2. The second kappa shape index (κ2) is 5.01. The van der Waals surface area contributed by atoms with E-state index < -0.39 is 0 Å². The van der Waals surface area contributed by atoms with Crippen molar-refractivity contribution in [3.05, 3.63) is 24.0 Å². The molecule has 1 aromatic heterocycles. The third kappa shape index (κ3) is 2.65. The van der Waals surface area contributed by atoms with Gasteiger partial charge in [-0.1, -0.05) is 6.92 Å². The van der Waals surface area contributed by atoms with Crippen LogP contribution in [0.1, 0.15) is 12.7 Å². The van der Waals surface area contributed by atoms with Crippen molar-refractivity contribution in [2.75, 3.05) is 12.8 Å². The van der Waals surface area contributed by atoms with E-state index in [0.717, 1.165) is 12.2 Å². The molecule has 2 rings (SSSR count). The lowest BCUT2D eigenvalue weighted by atomic mass is 10.3. The maximum Gasteiger partial charge on any atom is 0.298 e. The van der Waals surface area contributed by atoms with Crippen LogP contribution in [0.5, 0.6) is 16.7 Å². The number of aromatic nitrogens is 2. The van der Waals surface area contributed by atoms with Crippen LogP contribution in [0.25, 0.3) is 0 Å². The molecule has 2 aromatic rings. The Bertz CT molecular complexity index is 513. The van der Waals surface area contributed by atoms with Gasteiger partial charge in [0.05, 0.1) is 12.8 Å². The molecule has 0 amide bonds. The van der Waals surface area contributed by atoms with Crippen LogP contribution in [0.15, 0.2) is 18.2 Å². The Morgan fingerprint density at radius 2 is 2.24 bits per heavy atom. The van der Waals surface area contributed by atoms with Gasteiger partial charge < -0.3 is 15.2 Å². The van der Waals surface area contributed by atoms with Gasteiger partial charge in [-0.2, -0.15) is 9.36 Å². The zero-order chi connectivity index (χ0) is 12.3. The van der Waals surface area contributed by atoms with E-state index in [4.69, 9.17) is 15.2 Å². The molecule has 0 atom stereocenters. The third-order valence-electron chi connectivity index (χ3n) is 2.17. The second-order valence-corrected chi connectivity index (χ2v) is 4.05. The highest BCUT2D eigenvalue weighted by Crippen LogP contribution is 2.29. The van der Waals surface area contributed by atoms with Crippen molar-refractivity contribution in [1.82, 2.24) is 9.36 Å². The van der Waals surface area contributed by atoms with Gasteiger partial charge in [-0.25, -0.2) is 0 Å². The van der Waals surface area contributed by atoms with Gasteiger partial charge in [-0.15, -0.1) is 0 Å². The van der Waals surface area contributed by atoms with E-state index in [-0.39, 0.29) is 0 Å². The van der Waals surface area contributed by atoms with Crippen molar-refractivity contribution < 1.29 is 9.47 Å². The van der Waals surface area contributed by atoms with Crippen LogP contribution in [0.3, 0.4) is 0 Å². The Balaban J connectivity index is 2.15. The lowest BCUT2D eigenvalue weighted by molar-refractivity contribution is 0.415. The summed E-state index contributed by atoms with van der Waals surface area (Å²) in [6.45, 7) is 2.00. The van der Waals surface area contributed by atoms with Gasteiger partial charge in [0, 0.05) is 24.0 Å². The molecule has 0 aliphatic rings. The average Bonchev–Trinajstić information content (AvgIpc) is 2.77. The largest absolute Gasteiger partial charge is 0.495 e. The molecule has 0 unspecified atom stereocenters. The molecule has 1 aromatic carbocycles. The summed E-state index contributed by atoms with van der Waals surface area (Å²) < 4.78 is 14.8. The maximum absolute atomic E-state index is 5.78. The molecule has 0 bridgehead atoms. The monoisotopic (exact) mass is 251 g/mol. The third-order valence-corrected chi connectivity index (χ3v) is 2.80. The summed E-state index contributed by atoms with van der Waals surface area (Å²) in [5, 5.41) is 0.520. The SMILES string of the molecule is CCc1nsc(Oc2ccc(OC)c(N)c2)n1. The lowest BCUT2D eigenvalue weighted by Gasteiger charge is -2.06. The molecule has 0 aliphatic carbocycles. The molecule has 0 saturated heterocycles. The fourth-order valence-electron chi connectivity index (χ4n) is 1.30. The van der Waals surface area contributed by atoms with E-state index in [1.807, 2.05) is 6.92 Å². The summed E-state index contributed by atoms with van der Waals surface area (Å²) in [7, 11) is 1.57. The lowest BCUT2D eigenvalue weighted by Crippen LogP contribution is -1.93. The van der Waals surface area contributed by atoms with Gasteiger partial charge in [0.2, 0.25) is 0 Å². The molecule has 2 N–H and O–H groups in total. The summed E-state index contributed by atoms with van der Waals surface area (Å²) in [6.07, 6.45) is 0.796. The quantitative estimate of drug-likeness (QED) is 0.845. The highest BCUT2D eigenvalue weighted by Gasteiger charge is 2.06. The summed E-state index contributed by atoms with van der Waals surface area (Å²) in [5.41, 5.74) is 6.31. The molecular formula is C11H13N3O2S. The van der Waals surface area contributed by atoms with Gasteiger partial charge >= 0.3 is 0 Å². The van der Waals surface area contributed by atoms with Crippen LogP contribution in [-0.4, -0.2) is 16.5 Å². The first-order valence-corrected chi connectivity index (χ1v) is 5.94. The number of nitrogen functional groups attached to an aromatic ring is 1. The molecule has 0 fully saturated rings. The van der Waals surface area contributed by atoms with Crippen LogP contribution < -0.4 is 15.2 Å². The minimum atomic E-state index is 0.520. The summed E-state index contributed by atoms with van der Waals surface area (Å²) in [4.78, 5) is 4.21. The smallest absolute Gasteiger partial charge is 0.298 e. The van der Waals surface area contributed by atoms with E-state index >= 15 is 0 Å². The Morgan fingerprint density at radius 3 is 2.82 bits per heavy atom. The van der Waals surface area contributed by atoms with Gasteiger partial charge in [-0.3, -0.25) is 0 Å². The van der Waals surface area contributed by atoms with E-state index in [0.29, 0.717) is 22.4 Å². The van der Waals surface area contributed by atoms with Crippen LogP contribution in [0.2, 0.25) is 0 Å². The number of anilines is 1. The first-order chi connectivity index (χ1) is 8.22. The average molecular weight is 251 g/mol. The molecule has 1 heterocycles. The molecular weight excluding hydrogens is 238 g/mol. The number of rotatable bonds is 4. The molecule has 17 heavy (non-hydrogen) atoms. The van der Waals surface area contributed by atoms with Crippen LogP contribution in [0.4, 0.5) is 5.69 Å². The van der Waals surface area contributed by atoms with Crippen molar-refractivity contribution in [1.29, 1.82) is 0 Å². The molecule has 0 radical (unpaired) electrons. The second-order valence-electron chi connectivity index (χ2n) is 3.34. The fraction of sp³-hybridized carbons (Fsp3) is 0.273. The predicted molar refractivity (Wildman–Crippen MR) is 66.8 cm³/mol. The number of hydrogen-bond acceptors (Lipinski definition) is 6. The molecule has 5 nitrogen and oxygen atoms in total. The number of benzene rings is 1. The standard InChI is InChI=1S/C11H13N3O2S/c1-3-10-13-11(17-14-10)16-7-4-5-9(15-2)8(12)6-7/h4-6H,3,12H2,1-2H3. The van der Waals surface area contributed by atoms with Crippen LogP contribution in [0, 0.1) is 0 Å². The maximum atomic E-state index is 5.78. The van der Waals surface area contributed by atoms with Crippen molar-refractivity contribution in [2.45, 2.75) is 13.3 Å². The minimum Gasteiger partial charge on any atom is -0.495 e. The first kappa shape index (κ1) is 11.7. The molecule has 0 saturated carbocycles. The Kier molecular flexibility index (Phi) is 3.43. The number of ether oxygens (including phenoxy) is 2. The topological polar surface area (TPSA) is 70.3 Å². The Hall–Kier alpha value is -1.82. The minimum absolute atomic E-state index is 0.520. The van der Waals surface area contributed by atoms with E-state index in [1.54, 1.807) is 25.3 Å². The van der Waals surface area contributed by atoms with Gasteiger partial charge in [0.15, 0.2) is 0 Å². The Morgan fingerprint density at radius 1 is 1.41 bits per heavy atom. The van der Waals surface area contributed by atoms with Crippen molar-refractivity contribution in [2.24, 2.45) is 0 Å². The molecule has 0 aliphatic heterocycles. The zero-order valence-corrected chi connectivity index (χ0v) is 10.5. The summed E-state index contributed by atoms with van der Waals surface area (Å²) >= 11 is 1.23. The zero-order valence-electron chi connectivity index (χ0n) is 9.64. The van der Waals surface area contributed by atoms with Crippen molar-refractivity contribution in [3.8, 4) is 16.7 Å². The van der Waals surface area contributed by atoms with Crippen molar-refractivity contribution in [3.63, 3.8) is 0 Å². The van der Waals surface area contributed by atoms with E-state index in [9.17, 15) is 0 Å². The van der Waals surface area contributed by atoms with Crippen LogP contribution >= 0.6 is 11.5 Å². The predicted octanol–water partition coefficient (Wildman–Crippen LogP) is 2.48. The summed E-state index contributed by atoms with van der Waals surface area (Å²) in [6, 6.07) is 5.24. The first-order valence-electron chi connectivity index (χ1n) is 5.17.